The van der Waals surface area contributed by atoms with E-state index < -0.39 is 8.32 Å². The summed E-state index contributed by atoms with van der Waals surface area (Å²) in [5, 5.41) is 0. The van der Waals surface area contributed by atoms with Crippen LogP contribution in [0.25, 0.3) is 0 Å². The molecule has 0 saturated heterocycles. The molecule has 0 spiro atoms. The molecule has 2 aromatic carbocycles. The van der Waals surface area contributed by atoms with Crippen LogP contribution in [0.1, 0.15) is 25.1 Å². The van der Waals surface area contributed by atoms with Crippen LogP contribution in [0.4, 0.5) is 11.4 Å². The second kappa shape index (κ2) is 10.1. The molecule has 4 rings (SSSR count). The van der Waals surface area contributed by atoms with Crippen LogP contribution in [-0.4, -0.2) is 35.1 Å². The van der Waals surface area contributed by atoms with E-state index >= 15 is 0 Å². The molecule has 34 heavy (non-hydrogen) atoms. The minimum atomic E-state index is -1.72. The second-order valence-electron chi connectivity index (χ2n) is 9.80. The smallest absolute Gasteiger partial charge is 0.183 e. The summed E-state index contributed by atoms with van der Waals surface area (Å²) in [6.07, 6.45) is 2.60. The molecule has 0 amide bonds. The van der Waals surface area contributed by atoms with Gasteiger partial charge in [0.05, 0.1) is 32.1 Å². The Morgan fingerprint density at radius 1 is 1.00 bits per heavy atom. The number of methoxy groups -OCH3 is 1. The van der Waals surface area contributed by atoms with E-state index in [-0.39, 0.29) is 12.1 Å². The van der Waals surface area contributed by atoms with Gasteiger partial charge in [-0.25, -0.2) is 0 Å². The topological polar surface area (TPSA) is 38.1 Å². The molecule has 0 N–H and O–H groups in total. The van der Waals surface area contributed by atoms with Crippen molar-refractivity contribution in [2.24, 2.45) is 0 Å². The van der Waals surface area contributed by atoms with Crippen molar-refractivity contribution in [1.29, 1.82) is 0 Å². The Kier molecular flexibility index (Phi) is 7.19. The van der Waals surface area contributed by atoms with Gasteiger partial charge in [0.25, 0.3) is 0 Å². The van der Waals surface area contributed by atoms with E-state index in [9.17, 15) is 0 Å². The fourth-order valence-corrected chi connectivity index (χ4v) is 5.29. The first-order valence-electron chi connectivity index (χ1n) is 11.9. The lowest BCUT2D eigenvalue weighted by molar-refractivity contribution is 0.270. The number of hydrogen-bond donors (Lipinski definition) is 0. The zero-order valence-electron chi connectivity index (χ0n) is 21.1. The van der Waals surface area contributed by atoms with Crippen LogP contribution in [0.2, 0.25) is 19.6 Å². The molecule has 5 nitrogen and oxygen atoms in total. The summed E-state index contributed by atoms with van der Waals surface area (Å²) in [5.74, 6) is 1.81. The van der Waals surface area contributed by atoms with Crippen LogP contribution in [0, 0.1) is 0 Å². The minimum Gasteiger partial charge on any atom is -0.497 e. The summed E-state index contributed by atoms with van der Waals surface area (Å²) in [7, 11) is 2.13. The van der Waals surface area contributed by atoms with E-state index in [1.807, 2.05) is 18.2 Å². The number of ether oxygens (including phenoxy) is 1. The molecule has 0 aliphatic carbocycles. The van der Waals surface area contributed by atoms with E-state index in [2.05, 4.69) is 91.9 Å². The Hall–Kier alpha value is -2.96. The van der Waals surface area contributed by atoms with E-state index in [1.54, 1.807) is 13.4 Å². The Labute approximate surface area is 204 Å². The maximum atomic E-state index is 6.52. The quantitative estimate of drug-likeness (QED) is 0.332. The van der Waals surface area contributed by atoms with Gasteiger partial charge in [0.2, 0.25) is 0 Å². The predicted octanol–water partition coefficient (Wildman–Crippen LogP) is 6.87. The standard InChI is InChI=1S/C28H36N2O3Si/c1-21-25(29(2)22-11-8-7-9-12-22)19-26(28-13-10-18-32-28)30(27(21)20-33-34(4,5)6)23-14-16-24(31-3)17-15-23/h7-18,26-27H,19-20H2,1-6H3/t26-,27+/m0/s1. The predicted molar refractivity (Wildman–Crippen MR) is 142 cm³/mol. The Morgan fingerprint density at radius 2 is 1.71 bits per heavy atom. The fraction of sp³-hybridized carbons (Fsp3) is 0.357. The highest BCUT2D eigenvalue weighted by Gasteiger charge is 2.39. The van der Waals surface area contributed by atoms with Crippen molar-refractivity contribution < 1.29 is 13.6 Å². The molecule has 0 radical (unpaired) electrons. The molecular weight excluding hydrogens is 440 g/mol. The molecule has 6 heteroatoms. The lowest BCUT2D eigenvalue weighted by Gasteiger charge is -2.46. The van der Waals surface area contributed by atoms with Gasteiger partial charge < -0.3 is 23.4 Å². The Bertz CT molecular complexity index is 1090. The highest BCUT2D eigenvalue weighted by Crippen LogP contribution is 2.43. The van der Waals surface area contributed by atoms with Gasteiger partial charge >= 0.3 is 0 Å². The van der Waals surface area contributed by atoms with E-state index in [0.717, 1.165) is 23.6 Å². The van der Waals surface area contributed by atoms with Crippen molar-refractivity contribution in [3.05, 3.63) is 90.0 Å². The molecule has 180 valence electrons. The van der Waals surface area contributed by atoms with Crippen LogP contribution in [-0.2, 0) is 4.43 Å². The molecule has 1 aliphatic heterocycles. The number of hydrogen-bond acceptors (Lipinski definition) is 5. The average Bonchev–Trinajstić information content (AvgIpc) is 3.37. The number of furan rings is 1. The van der Waals surface area contributed by atoms with Gasteiger partial charge in [0.1, 0.15) is 11.5 Å². The zero-order chi connectivity index (χ0) is 24.3. The maximum Gasteiger partial charge on any atom is 0.183 e. The van der Waals surface area contributed by atoms with Crippen LogP contribution in [0.5, 0.6) is 5.75 Å². The SMILES string of the molecule is COc1ccc(N2[C@H](CO[Si](C)(C)C)C(C)=C(N(C)c3ccccc3)C[C@H]2c2ccco2)cc1. The van der Waals surface area contributed by atoms with Gasteiger partial charge in [0.15, 0.2) is 8.32 Å². The summed E-state index contributed by atoms with van der Waals surface area (Å²) < 4.78 is 17.9. The maximum absolute atomic E-state index is 6.52. The van der Waals surface area contributed by atoms with Gasteiger partial charge in [-0.05, 0) is 80.7 Å². The Morgan fingerprint density at radius 3 is 2.29 bits per heavy atom. The third-order valence-corrected chi connectivity index (χ3v) is 7.51. The number of para-hydroxylation sites is 1. The summed E-state index contributed by atoms with van der Waals surface area (Å²) >= 11 is 0. The van der Waals surface area contributed by atoms with Crippen LogP contribution in [0.3, 0.4) is 0 Å². The summed E-state index contributed by atoms with van der Waals surface area (Å²) in [6.45, 7) is 9.62. The molecule has 2 heterocycles. The van der Waals surface area contributed by atoms with E-state index in [0.29, 0.717) is 6.61 Å². The molecule has 0 bridgehead atoms. The normalized spacial score (nSPS) is 18.8. The molecule has 3 aromatic rings. The number of benzene rings is 2. The van der Waals surface area contributed by atoms with Gasteiger partial charge in [-0.2, -0.15) is 0 Å². The lowest BCUT2D eigenvalue weighted by Crippen LogP contribution is -2.49. The van der Waals surface area contributed by atoms with Crippen molar-refractivity contribution in [2.75, 3.05) is 30.6 Å². The third kappa shape index (κ3) is 5.23. The largest absolute Gasteiger partial charge is 0.497 e. The van der Waals surface area contributed by atoms with Crippen molar-refractivity contribution in [3.8, 4) is 5.75 Å². The molecular formula is C28H36N2O3Si. The van der Waals surface area contributed by atoms with Crippen molar-refractivity contribution >= 4 is 19.7 Å². The minimum absolute atomic E-state index is 0.0449. The number of nitrogens with zero attached hydrogens (tertiary/aromatic N) is 2. The number of anilines is 2. The van der Waals surface area contributed by atoms with Crippen LogP contribution < -0.4 is 14.5 Å². The molecule has 1 aliphatic rings. The van der Waals surface area contributed by atoms with E-state index in [4.69, 9.17) is 13.6 Å². The second-order valence-corrected chi connectivity index (χ2v) is 14.3. The summed E-state index contributed by atoms with van der Waals surface area (Å²) in [5.41, 5.74) is 4.94. The molecule has 0 saturated carbocycles. The summed E-state index contributed by atoms with van der Waals surface area (Å²) in [4.78, 5) is 4.79. The molecule has 2 atom stereocenters. The monoisotopic (exact) mass is 476 g/mol. The van der Waals surface area contributed by atoms with Gasteiger partial charge in [-0.3, -0.25) is 0 Å². The molecule has 0 fully saturated rings. The van der Waals surface area contributed by atoms with Crippen LogP contribution >= 0.6 is 0 Å². The first-order chi connectivity index (χ1) is 16.3. The zero-order valence-corrected chi connectivity index (χ0v) is 22.1. The highest BCUT2D eigenvalue weighted by atomic mass is 28.4. The molecule has 1 aromatic heterocycles. The van der Waals surface area contributed by atoms with Crippen molar-refractivity contribution in [2.45, 2.75) is 45.1 Å². The van der Waals surface area contributed by atoms with E-state index in [1.165, 1.54) is 17.0 Å². The first-order valence-corrected chi connectivity index (χ1v) is 15.3. The highest BCUT2D eigenvalue weighted by molar-refractivity contribution is 6.69. The lowest BCUT2D eigenvalue weighted by atomic mass is 9.90. The average molecular weight is 477 g/mol. The first kappa shape index (κ1) is 24.2. The van der Waals surface area contributed by atoms with Gasteiger partial charge in [0, 0.05) is 30.5 Å². The van der Waals surface area contributed by atoms with Crippen molar-refractivity contribution in [3.63, 3.8) is 0 Å². The fourth-order valence-electron chi connectivity index (χ4n) is 4.64. The summed E-state index contributed by atoms with van der Waals surface area (Å²) in [6, 6.07) is 23.0. The molecule has 0 unspecified atom stereocenters. The van der Waals surface area contributed by atoms with Gasteiger partial charge in [-0.1, -0.05) is 18.2 Å². The third-order valence-electron chi connectivity index (χ3n) is 6.48. The number of rotatable bonds is 8. The Balaban J connectivity index is 1.82. The van der Waals surface area contributed by atoms with Crippen LogP contribution in [0.15, 0.2) is 88.7 Å². The van der Waals surface area contributed by atoms with Gasteiger partial charge in [-0.15, -0.1) is 0 Å². The van der Waals surface area contributed by atoms with Crippen molar-refractivity contribution in [1.82, 2.24) is 0 Å².